The number of carbonyl (C=O) groups is 1. The minimum Gasteiger partial charge on any atom is -0.359 e. The van der Waals surface area contributed by atoms with Gasteiger partial charge in [-0.3, -0.25) is 4.79 Å². The Morgan fingerprint density at radius 2 is 2.20 bits per heavy atom. The zero-order valence-corrected chi connectivity index (χ0v) is 10.6. The highest BCUT2D eigenvalue weighted by atomic mass is 127. The molecule has 4 nitrogen and oxygen atoms in total. The molecule has 1 fully saturated rings. The average molecular weight is 317 g/mol. The number of likely N-dealkylation sites (N-methyl/N-ethyl adjacent to an activating group) is 1. The highest BCUT2D eigenvalue weighted by Crippen LogP contribution is 2.15. The number of pyridine rings is 1. The second kappa shape index (κ2) is 4.34. The van der Waals surface area contributed by atoms with Crippen LogP contribution in [0, 0.1) is 3.70 Å². The molecule has 0 bridgehead atoms. The maximum absolute atomic E-state index is 11.5. The van der Waals surface area contributed by atoms with Gasteiger partial charge in [0.1, 0.15) is 3.70 Å². The van der Waals surface area contributed by atoms with Gasteiger partial charge in [-0.05, 0) is 34.7 Å². The molecule has 0 spiro atoms. The van der Waals surface area contributed by atoms with Crippen LogP contribution in [0.1, 0.15) is 0 Å². The van der Waals surface area contributed by atoms with Gasteiger partial charge in [0.15, 0.2) is 0 Å². The van der Waals surface area contributed by atoms with E-state index in [0.29, 0.717) is 6.54 Å². The molecule has 0 unspecified atom stereocenters. The molecule has 1 amide bonds. The van der Waals surface area contributed by atoms with Crippen LogP contribution < -0.4 is 4.90 Å². The average Bonchev–Trinajstić information content (AvgIpc) is 2.23. The van der Waals surface area contributed by atoms with Gasteiger partial charge in [-0.25, -0.2) is 4.98 Å². The van der Waals surface area contributed by atoms with Crippen molar-refractivity contribution in [1.82, 2.24) is 9.88 Å². The molecule has 1 aromatic heterocycles. The van der Waals surface area contributed by atoms with Crippen LogP contribution in [0.5, 0.6) is 0 Å². The summed E-state index contributed by atoms with van der Waals surface area (Å²) in [6.45, 7) is 2.12. The lowest BCUT2D eigenvalue weighted by Crippen LogP contribution is -2.48. The van der Waals surface area contributed by atoms with E-state index in [0.717, 1.165) is 22.5 Å². The lowest BCUT2D eigenvalue weighted by Gasteiger charge is -2.33. The molecule has 0 N–H and O–H groups in total. The predicted octanol–water partition coefficient (Wildman–Crippen LogP) is 0.965. The van der Waals surface area contributed by atoms with Crippen LogP contribution in [0.2, 0.25) is 0 Å². The maximum atomic E-state index is 11.5. The van der Waals surface area contributed by atoms with Gasteiger partial charge in [-0.15, -0.1) is 0 Å². The quantitative estimate of drug-likeness (QED) is 0.572. The summed E-state index contributed by atoms with van der Waals surface area (Å²) in [5.41, 5.74) is 1.02. The van der Waals surface area contributed by atoms with Crippen molar-refractivity contribution < 1.29 is 4.79 Å². The standard InChI is InChI=1S/C10H12IN3O/c1-13-4-5-14(7-10(13)15)8-2-3-9(11)12-6-8/h2-3,6H,4-5,7H2,1H3. The molecule has 0 saturated carbocycles. The van der Waals surface area contributed by atoms with Gasteiger partial charge in [-0.1, -0.05) is 0 Å². The third kappa shape index (κ3) is 2.39. The van der Waals surface area contributed by atoms with Crippen molar-refractivity contribution in [2.75, 3.05) is 31.6 Å². The van der Waals surface area contributed by atoms with Crippen molar-refractivity contribution in [2.24, 2.45) is 0 Å². The second-order valence-corrected chi connectivity index (χ2v) is 4.68. The SMILES string of the molecule is CN1CCN(c2ccc(I)nc2)CC1=O. The number of amides is 1. The monoisotopic (exact) mass is 317 g/mol. The number of anilines is 1. The molecule has 1 saturated heterocycles. The van der Waals surface area contributed by atoms with Crippen LogP contribution in [0.3, 0.4) is 0 Å². The first-order valence-electron chi connectivity index (χ1n) is 4.77. The van der Waals surface area contributed by atoms with Gasteiger partial charge in [-0.2, -0.15) is 0 Å². The van der Waals surface area contributed by atoms with Gasteiger partial charge < -0.3 is 9.80 Å². The van der Waals surface area contributed by atoms with Crippen molar-refractivity contribution in [1.29, 1.82) is 0 Å². The lowest BCUT2D eigenvalue weighted by atomic mass is 10.3. The molecule has 15 heavy (non-hydrogen) atoms. The van der Waals surface area contributed by atoms with Gasteiger partial charge in [0.25, 0.3) is 0 Å². The molecule has 0 radical (unpaired) electrons. The van der Waals surface area contributed by atoms with E-state index < -0.39 is 0 Å². The molecule has 2 heterocycles. The maximum Gasteiger partial charge on any atom is 0.241 e. The van der Waals surface area contributed by atoms with Crippen molar-refractivity contribution in [2.45, 2.75) is 0 Å². The summed E-state index contributed by atoms with van der Waals surface area (Å²) < 4.78 is 0.969. The van der Waals surface area contributed by atoms with E-state index in [-0.39, 0.29) is 5.91 Å². The van der Waals surface area contributed by atoms with E-state index >= 15 is 0 Å². The number of nitrogens with zero attached hydrogens (tertiary/aromatic N) is 3. The number of carbonyl (C=O) groups excluding carboxylic acids is 1. The van der Waals surface area contributed by atoms with E-state index in [2.05, 4.69) is 32.5 Å². The summed E-state index contributed by atoms with van der Waals surface area (Å²) in [4.78, 5) is 19.5. The third-order valence-corrected chi connectivity index (χ3v) is 3.17. The normalized spacial score (nSPS) is 17.1. The molecule has 5 heteroatoms. The Hall–Kier alpha value is -0.850. The Morgan fingerprint density at radius 3 is 2.80 bits per heavy atom. The minimum absolute atomic E-state index is 0.166. The molecular weight excluding hydrogens is 305 g/mol. The molecule has 1 aliphatic heterocycles. The Bertz CT molecular complexity index is 365. The van der Waals surface area contributed by atoms with Gasteiger partial charge in [0.05, 0.1) is 18.4 Å². The van der Waals surface area contributed by atoms with E-state index in [9.17, 15) is 4.79 Å². The smallest absolute Gasteiger partial charge is 0.241 e. The van der Waals surface area contributed by atoms with E-state index in [1.54, 1.807) is 4.90 Å². The van der Waals surface area contributed by atoms with Crippen LogP contribution in [-0.4, -0.2) is 42.5 Å². The summed E-state index contributed by atoms with van der Waals surface area (Å²) >= 11 is 2.17. The summed E-state index contributed by atoms with van der Waals surface area (Å²) in [6, 6.07) is 3.96. The molecule has 0 aliphatic carbocycles. The topological polar surface area (TPSA) is 36.4 Å². The number of piperazine rings is 1. The Balaban J connectivity index is 2.12. The first kappa shape index (κ1) is 10.7. The van der Waals surface area contributed by atoms with E-state index in [1.807, 2.05) is 25.4 Å². The summed E-state index contributed by atoms with van der Waals surface area (Å²) in [6.07, 6.45) is 1.82. The Morgan fingerprint density at radius 1 is 1.40 bits per heavy atom. The number of hydrogen-bond acceptors (Lipinski definition) is 3. The van der Waals surface area contributed by atoms with Crippen molar-refractivity contribution in [3.8, 4) is 0 Å². The molecule has 2 rings (SSSR count). The molecular formula is C10H12IN3O. The third-order valence-electron chi connectivity index (χ3n) is 2.53. The van der Waals surface area contributed by atoms with Gasteiger partial charge >= 0.3 is 0 Å². The highest BCUT2D eigenvalue weighted by Gasteiger charge is 2.20. The summed E-state index contributed by atoms with van der Waals surface area (Å²) in [5, 5.41) is 0. The lowest BCUT2D eigenvalue weighted by molar-refractivity contribution is -0.129. The first-order valence-corrected chi connectivity index (χ1v) is 5.85. The van der Waals surface area contributed by atoms with Crippen molar-refractivity contribution >= 4 is 34.2 Å². The van der Waals surface area contributed by atoms with E-state index in [1.165, 1.54) is 0 Å². The zero-order valence-electron chi connectivity index (χ0n) is 8.48. The summed E-state index contributed by atoms with van der Waals surface area (Å²) in [5.74, 6) is 0.166. The number of aromatic nitrogens is 1. The number of hydrogen-bond donors (Lipinski definition) is 0. The fourth-order valence-electron chi connectivity index (χ4n) is 1.53. The number of rotatable bonds is 1. The van der Waals surface area contributed by atoms with Gasteiger partial charge in [0.2, 0.25) is 5.91 Å². The second-order valence-electron chi connectivity index (χ2n) is 3.58. The fourth-order valence-corrected chi connectivity index (χ4v) is 1.85. The number of halogens is 1. The molecule has 1 aliphatic rings. The van der Waals surface area contributed by atoms with Gasteiger partial charge in [0, 0.05) is 20.1 Å². The highest BCUT2D eigenvalue weighted by molar-refractivity contribution is 14.1. The van der Waals surface area contributed by atoms with Crippen molar-refractivity contribution in [3.63, 3.8) is 0 Å². The Labute approximate surface area is 102 Å². The molecule has 1 aromatic rings. The molecule has 0 aromatic carbocycles. The van der Waals surface area contributed by atoms with E-state index in [4.69, 9.17) is 0 Å². The predicted molar refractivity (Wildman–Crippen MR) is 66.8 cm³/mol. The van der Waals surface area contributed by atoms with Crippen molar-refractivity contribution in [3.05, 3.63) is 22.0 Å². The van der Waals surface area contributed by atoms with Crippen LogP contribution in [-0.2, 0) is 4.79 Å². The Kier molecular flexibility index (Phi) is 3.08. The van der Waals surface area contributed by atoms with Crippen LogP contribution in [0.4, 0.5) is 5.69 Å². The zero-order chi connectivity index (χ0) is 10.8. The molecule has 80 valence electrons. The first-order chi connectivity index (χ1) is 7.16. The van der Waals surface area contributed by atoms with Crippen LogP contribution in [0.25, 0.3) is 0 Å². The largest absolute Gasteiger partial charge is 0.359 e. The summed E-state index contributed by atoms with van der Waals surface area (Å²) in [7, 11) is 1.84. The fraction of sp³-hybridized carbons (Fsp3) is 0.400. The molecule has 0 atom stereocenters. The van der Waals surface area contributed by atoms with Crippen LogP contribution in [0.15, 0.2) is 18.3 Å². The van der Waals surface area contributed by atoms with Crippen LogP contribution >= 0.6 is 22.6 Å². The minimum atomic E-state index is 0.166.